The summed E-state index contributed by atoms with van der Waals surface area (Å²) in [5.41, 5.74) is 0.00267. The summed E-state index contributed by atoms with van der Waals surface area (Å²) in [5.74, 6) is 0.454. The van der Waals surface area contributed by atoms with Gasteiger partial charge < -0.3 is 9.53 Å². The molecule has 0 spiro atoms. The summed E-state index contributed by atoms with van der Waals surface area (Å²) >= 11 is 0. The Labute approximate surface area is 86.8 Å². The first kappa shape index (κ1) is 11.2. The number of ether oxygens (including phenoxy) is 1. The van der Waals surface area contributed by atoms with E-state index in [1.165, 1.54) is 12.1 Å². The molecule has 1 aromatic rings. The Hall–Kier alpha value is -1.91. The minimum atomic E-state index is -0.474. The molecular weight excluding hydrogens is 198 g/mol. The summed E-state index contributed by atoms with van der Waals surface area (Å²) in [6.07, 6.45) is 1.87. The third-order valence-corrected chi connectivity index (χ3v) is 1.76. The maximum absolute atomic E-state index is 10.4. The van der Waals surface area contributed by atoms with Gasteiger partial charge in [-0.05, 0) is 12.5 Å². The number of carbonyl (C=O) groups is 1. The molecule has 0 unspecified atom stereocenters. The van der Waals surface area contributed by atoms with Gasteiger partial charge >= 0.3 is 0 Å². The maximum atomic E-state index is 10.4. The van der Waals surface area contributed by atoms with E-state index in [0.717, 1.165) is 6.29 Å². The fourth-order valence-corrected chi connectivity index (χ4v) is 1.04. The van der Waals surface area contributed by atoms with Crippen LogP contribution in [0.2, 0.25) is 0 Å². The molecule has 0 aliphatic carbocycles. The van der Waals surface area contributed by atoms with Gasteiger partial charge in [0.15, 0.2) is 0 Å². The highest BCUT2D eigenvalue weighted by Crippen LogP contribution is 2.19. The van der Waals surface area contributed by atoms with Crippen LogP contribution in [0.5, 0.6) is 5.75 Å². The van der Waals surface area contributed by atoms with Crippen molar-refractivity contribution in [3.63, 3.8) is 0 Å². The lowest BCUT2D eigenvalue weighted by atomic mass is 10.3. The van der Waals surface area contributed by atoms with Crippen molar-refractivity contribution in [2.24, 2.45) is 0 Å². The molecule has 15 heavy (non-hydrogen) atoms. The SMILES string of the molecule is O=CCCCOc1cccc([N+](=O)[O-])c1. The molecule has 0 atom stereocenters. The third-order valence-electron chi connectivity index (χ3n) is 1.76. The fourth-order valence-electron chi connectivity index (χ4n) is 1.04. The van der Waals surface area contributed by atoms with Gasteiger partial charge in [0, 0.05) is 12.5 Å². The summed E-state index contributed by atoms with van der Waals surface area (Å²) in [5, 5.41) is 10.4. The van der Waals surface area contributed by atoms with Crippen molar-refractivity contribution in [1.82, 2.24) is 0 Å². The number of hydrogen-bond acceptors (Lipinski definition) is 4. The first-order valence-corrected chi connectivity index (χ1v) is 4.55. The first-order valence-electron chi connectivity index (χ1n) is 4.55. The van der Waals surface area contributed by atoms with E-state index < -0.39 is 4.92 Å². The van der Waals surface area contributed by atoms with Gasteiger partial charge in [-0.3, -0.25) is 10.1 Å². The molecule has 0 aliphatic heterocycles. The Bertz CT molecular complexity index is 351. The summed E-state index contributed by atoms with van der Waals surface area (Å²) in [6, 6.07) is 5.97. The van der Waals surface area contributed by atoms with Crippen LogP contribution in [0, 0.1) is 10.1 Å². The second-order valence-corrected chi connectivity index (χ2v) is 2.91. The zero-order valence-electron chi connectivity index (χ0n) is 8.09. The largest absolute Gasteiger partial charge is 0.493 e. The topological polar surface area (TPSA) is 69.4 Å². The van der Waals surface area contributed by atoms with Gasteiger partial charge in [-0.15, -0.1) is 0 Å². The molecular formula is C10H11NO4. The predicted octanol–water partition coefficient (Wildman–Crippen LogP) is 1.95. The van der Waals surface area contributed by atoms with Crippen molar-refractivity contribution in [2.45, 2.75) is 12.8 Å². The lowest BCUT2D eigenvalue weighted by molar-refractivity contribution is -0.384. The monoisotopic (exact) mass is 209 g/mol. The quantitative estimate of drug-likeness (QED) is 0.311. The van der Waals surface area contributed by atoms with Gasteiger partial charge in [-0.2, -0.15) is 0 Å². The summed E-state index contributed by atoms with van der Waals surface area (Å²) in [7, 11) is 0. The average Bonchev–Trinajstić information content (AvgIpc) is 2.25. The standard InChI is InChI=1S/C10H11NO4/c12-6-1-2-7-15-10-5-3-4-9(8-10)11(13)14/h3-6,8H,1-2,7H2. The molecule has 1 rings (SSSR count). The van der Waals surface area contributed by atoms with Crippen molar-refractivity contribution >= 4 is 12.0 Å². The van der Waals surface area contributed by atoms with Gasteiger partial charge in [0.2, 0.25) is 0 Å². The molecule has 0 bridgehead atoms. The number of nitrogens with zero attached hydrogens (tertiary/aromatic N) is 1. The highest BCUT2D eigenvalue weighted by molar-refractivity contribution is 5.49. The number of rotatable bonds is 6. The normalized spacial score (nSPS) is 9.60. The Morgan fingerprint density at radius 1 is 1.47 bits per heavy atom. The van der Waals surface area contributed by atoms with E-state index in [2.05, 4.69) is 0 Å². The van der Waals surface area contributed by atoms with E-state index in [1.807, 2.05) is 0 Å². The summed E-state index contributed by atoms with van der Waals surface area (Å²) < 4.78 is 5.24. The fraction of sp³-hybridized carbons (Fsp3) is 0.300. The number of aldehydes is 1. The van der Waals surface area contributed by atoms with Crippen molar-refractivity contribution in [3.05, 3.63) is 34.4 Å². The molecule has 0 N–H and O–H groups in total. The zero-order chi connectivity index (χ0) is 11.1. The van der Waals surface area contributed by atoms with Gasteiger partial charge in [0.1, 0.15) is 12.0 Å². The average molecular weight is 209 g/mol. The molecule has 0 aromatic heterocycles. The van der Waals surface area contributed by atoms with Crippen LogP contribution in [0.25, 0.3) is 0 Å². The van der Waals surface area contributed by atoms with Crippen LogP contribution in [0.15, 0.2) is 24.3 Å². The maximum Gasteiger partial charge on any atom is 0.273 e. The molecule has 5 nitrogen and oxygen atoms in total. The second kappa shape index (κ2) is 5.74. The highest BCUT2D eigenvalue weighted by atomic mass is 16.6. The molecule has 0 saturated heterocycles. The Balaban J connectivity index is 2.50. The number of benzene rings is 1. The van der Waals surface area contributed by atoms with Crippen molar-refractivity contribution in [1.29, 1.82) is 0 Å². The van der Waals surface area contributed by atoms with Crippen LogP contribution in [0.4, 0.5) is 5.69 Å². The Morgan fingerprint density at radius 3 is 2.93 bits per heavy atom. The van der Waals surface area contributed by atoms with Crippen LogP contribution in [-0.4, -0.2) is 17.8 Å². The van der Waals surface area contributed by atoms with Gasteiger partial charge in [-0.25, -0.2) is 0 Å². The molecule has 5 heteroatoms. The number of unbranched alkanes of at least 4 members (excludes halogenated alkanes) is 1. The number of hydrogen-bond donors (Lipinski definition) is 0. The van der Waals surface area contributed by atoms with Crippen LogP contribution in [-0.2, 0) is 4.79 Å². The molecule has 0 fully saturated rings. The smallest absolute Gasteiger partial charge is 0.273 e. The third kappa shape index (κ3) is 3.76. The van der Waals surface area contributed by atoms with E-state index in [-0.39, 0.29) is 5.69 Å². The number of non-ortho nitro benzene ring substituents is 1. The molecule has 0 amide bonds. The molecule has 0 aliphatic rings. The van der Waals surface area contributed by atoms with E-state index >= 15 is 0 Å². The minimum Gasteiger partial charge on any atom is -0.493 e. The molecule has 80 valence electrons. The van der Waals surface area contributed by atoms with E-state index in [0.29, 0.717) is 25.2 Å². The van der Waals surface area contributed by atoms with Crippen molar-refractivity contribution < 1.29 is 14.5 Å². The van der Waals surface area contributed by atoms with Crippen LogP contribution in [0.1, 0.15) is 12.8 Å². The van der Waals surface area contributed by atoms with Crippen LogP contribution in [0.3, 0.4) is 0 Å². The highest BCUT2D eigenvalue weighted by Gasteiger charge is 2.05. The van der Waals surface area contributed by atoms with Gasteiger partial charge in [0.25, 0.3) is 5.69 Å². The second-order valence-electron chi connectivity index (χ2n) is 2.91. The minimum absolute atomic E-state index is 0.00267. The number of nitro groups is 1. The summed E-state index contributed by atoms with van der Waals surface area (Å²) in [6.45, 7) is 0.389. The van der Waals surface area contributed by atoms with Crippen LogP contribution < -0.4 is 4.74 Å². The van der Waals surface area contributed by atoms with Gasteiger partial charge in [-0.1, -0.05) is 6.07 Å². The number of carbonyl (C=O) groups excluding carboxylic acids is 1. The lowest BCUT2D eigenvalue weighted by Crippen LogP contribution is -1.98. The molecule has 1 aromatic carbocycles. The zero-order valence-corrected chi connectivity index (χ0v) is 8.09. The predicted molar refractivity (Wildman–Crippen MR) is 53.9 cm³/mol. The van der Waals surface area contributed by atoms with Crippen molar-refractivity contribution in [3.8, 4) is 5.75 Å². The van der Waals surface area contributed by atoms with Crippen LogP contribution >= 0.6 is 0 Å². The summed E-state index contributed by atoms with van der Waals surface area (Å²) in [4.78, 5) is 20.0. The van der Waals surface area contributed by atoms with Gasteiger partial charge in [0.05, 0.1) is 17.6 Å². The Kier molecular flexibility index (Phi) is 4.28. The van der Waals surface area contributed by atoms with E-state index in [1.54, 1.807) is 12.1 Å². The molecule has 0 radical (unpaired) electrons. The molecule has 0 saturated carbocycles. The van der Waals surface area contributed by atoms with E-state index in [9.17, 15) is 14.9 Å². The lowest BCUT2D eigenvalue weighted by Gasteiger charge is -2.03. The van der Waals surface area contributed by atoms with Crippen molar-refractivity contribution in [2.75, 3.05) is 6.61 Å². The Morgan fingerprint density at radius 2 is 2.27 bits per heavy atom. The number of nitro benzene ring substituents is 1. The molecule has 0 heterocycles. The first-order chi connectivity index (χ1) is 7.24. The van der Waals surface area contributed by atoms with E-state index in [4.69, 9.17) is 4.74 Å².